The zero-order chi connectivity index (χ0) is 15.0. The smallest absolute Gasteiger partial charge is 0.270 e. The van der Waals surface area contributed by atoms with Crippen LogP contribution in [0.4, 0.5) is 0 Å². The molecule has 0 spiro atoms. The Morgan fingerprint density at radius 2 is 2.38 bits per heavy atom. The molecule has 0 aliphatic heterocycles. The summed E-state index contributed by atoms with van der Waals surface area (Å²) in [4.78, 5) is 17.7. The average Bonchev–Trinajstić information content (AvgIpc) is 2.65. The third kappa shape index (κ3) is 2.75. The molecular weight excluding hydrogens is 350 g/mol. The molecule has 3 atom stereocenters. The summed E-state index contributed by atoms with van der Waals surface area (Å²) in [5.74, 6) is 0.776. The number of pyridine rings is 1. The lowest BCUT2D eigenvalue weighted by Gasteiger charge is -2.33. The molecule has 0 radical (unpaired) electrons. The number of hydrogen-bond acceptors (Lipinski definition) is 4. The molecule has 3 unspecified atom stereocenters. The van der Waals surface area contributed by atoms with Gasteiger partial charge in [-0.3, -0.25) is 4.79 Å². The van der Waals surface area contributed by atoms with E-state index in [1.54, 1.807) is 18.0 Å². The van der Waals surface area contributed by atoms with Crippen LogP contribution in [-0.4, -0.2) is 28.9 Å². The Kier molecular flexibility index (Phi) is 4.36. The van der Waals surface area contributed by atoms with E-state index in [-0.39, 0.29) is 11.9 Å². The Hall–Kier alpha value is -0.880. The molecule has 2 fully saturated rings. The molecular formula is C15H18BrN3OS. The minimum Gasteiger partial charge on any atom is -0.347 e. The number of rotatable bonds is 4. The summed E-state index contributed by atoms with van der Waals surface area (Å²) in [6.45, 7) is 0. The standard InChI is InChI=1S/C15H18BrN3OS/c1-21-14-7-18-13(4-8(14)6-16)15(20)19-12-5-11(17)9-2-3-10(9)12/h4,7,9-10,12,17H,2-3,5-6H2,1H3,(H,19,20). The summed E-state index contributed by atoms with van der Waals surface area (Å²) in [5.41, 5.74) is 2.36. The molecule has 1 heterocycles. The van der Waals surface area contributed by atoms with E-state index in [1.165, 1.54) is 0 Å². The fraction of sp³-hybridized carbons (Fsp3) is 0.533. The van der Waals surface area contributed by atoms with Gasteiger partial charge >= 0.3 is 0 Å². The van der Waals surface area contributed by atoms with Gasteiger partial charge in [0.25, 0.3) is 5.91 Å². The summed E-state index contributed by atoms with van der Waals surface area (Å²) in [6, 6.07) is 1.98. The fourth-order valence-electron chi connectivity index (χ4n) is 3.28. The van der Waals surface area contributed by atoms with Gasteiger partial charge in [-0.05, 0) is 36.6 Å². The Labute approximate surface area is 137 Å². The van der Waals surface area contributed by atoms with Crippen molar-refractivity contribution in [2.24, 2.45) is 11.8 Å². The van der Waals surface area contributed by atoms with Crippen molar-refractivity contribution in [2.75, 3.05) is 6.26 Å². The minimum absolute atomic E-state index is 0.116. The van der Waals surface area contributed by atoms with Crippen LogP contribution in [0.2, 0.25) is 0 Å². The van der Waals surface area contributed by atoms with Crippen molar-refractivity contribution < 1.29 is 4.79 Å². The maximum Gasteiger partial charge on any atom is 0.270 e. The number of nitrogens with one attached hydrogen (secondary N) is 2. The highest BCUT2D eigenvalue weighted by atomic mass is 79.9. The van der Waals surface area contributed by atoms with Gasteiger partial charge in [-0.25, -0.2) is 4.98 Å². The third-order valence-corrected chi connectivity index (χ3v) is 6.00. The lowest BCUT2D eigenvalue weighted by atomic mass is 9.74. The first-order valence-corrected chi connectivity index (χ1v) is 9.45. The number of amides is 1. The number of thioether (sulfide) groups is 1. The van der Waals surface area contributed by atoms with Crippen molar-refractivity contribution in [1.29, 1.82) is 5.41 Å². The summed E-state index contributed by atoms with van der Waals surface area (Å²) >= 11 is 5.09. The molecule has 2 saturated carbocycles. The molecule has 4 nitrogen and oxygen atoms in total. The van der Waals surface area contributed by atoms with Gasteiger partial charge in [0.05, 0.1) is 0 Å². The minimum atomic E-state index is -0.116. The molecule has 0 bridgehead atoms. The number of carbonyl (C=O) groups excluding carboxylic acids is 1. The highest BCUT2D eigenvalue weighted by Gasteiger charge is 2.46. The molecule has 21 heavy (non-hydrogen) atoms. The van der Waals surface area contributed by atoms with E-state index in [1.807, 2.05) is 12.3 Å². The lowest BCUT2D eigenvalue weighted by Crippen LogP contribution is -2.42. The number of halogens is 1. The number of fused-ring (bicyclic) bond motifs is 1. The predicted molar refractivity (Wildman–Crippen MR) is 88.5 cm³/mol. The van der Waals surface area contributed by atoms with E-state index in [0.29, 0.717) is 29.3 Å². The highest BCUT2D eigenvalue weighted by molar-refractivity contribution is 9.08. The second kappa shape index (κ2) is 6.08. The van der Waals surface area contributed by atoms with Crippen LogP contribution < -0.4 is 5.32 Å². The van der Waals surface area contributed by atoms with Crippen molar-refractivity contribution in [3.8, 4) is 0 Å². The molecule has 0 saturated heterocycles. The number of nitrogens with zero attached hydrogens (tertiary/aromatic N) is 1. The average molecular weight is 368 g/mol. The van der Waals surface area contributed by atoms with Crippen LogP contribution >= 0.6 is 27.7 Å². The largest absolute Gasteiger partial charge is 0.347 e. The molecule has 0 aromatic carbocycles. The van der Waals surface area contributed by atoms with E-state index in [9.17, 15) is 4.79 Å². The van der Waals surface area contributed by atoms with E-state index in [0.717, 1.165) is 29.0 Å². The van der Waals surface area contributed by atoms with Gasteiger partial charge in [0.1, 0.15) is 5.69 Å². The Morgan fingerprint density at radius 1 is 1.57 bits per heavy atom. The second-order valence-corrected chi connectivity index (χ2v) is 7.08. The highest BCUT2D eigenvalue weighted by Crippen LogP contribution is 2.44. The number of carbonyl (C=O) groups is 1. The molecule has 1 aromatic rings. The van der Waals surface area contributed by atoms with Gasteiger partial charge < -0.3 is 10.7 Å². The first kappa shape index (κ1) is 15.0. The first-order valence-electron chi connectivity index (χ1n) is 7.11. The molecule has 3 rings (SSSR count). The van der Waals surface area contributed by atoms with Gasteiger partial charge in [-0.1, -0.05) is 15.9 Å². The summed E-state index contributed by atoms with van der Waals surface area (Å²) in [6.07, 6.45) is 6.71. The van der Waals surface area contributed by atoms with E-state index < -0.39 is 0 Å². The van der Waals surface area contributed by atoms with Crippen LogP contribution in [0, 0.1) is 17.2 Å². The Balaban J connectivity index is 1.72. The Bertz CT molecular complexity index is 592. The fourth-order valence-corrected chi connectivity index (χ4v) is 4.48. The van der Waals surface area contributed by atoms with Crippen molar-refractivity contribution in [1.82, 2.24) is 10.3 Å². The quantitative estimate of drug-likeness (QED) is 0.633. The van der Waals surface area contributed by atoms with Gasteiger partial charge in [-0.2, -0.15) is 0 Å². The molecule has 2 aliphatic carbocycles. The second-order valence-electron chi connectivity index (χ2n) is 5.67. The van der Waals surface area contributed by atoms with Crippen LogP contribution in [0.1, 0.15) is 35.3 Å². The number of alkyl halides is 1. The van der Waals surface area contributed by atoms with E-state index >= 15 is 0 Å². The Morgan fingerprint density at radius 3 is 2.95 bits per heavy atom. The topological polar surface area (TPSA) is 65.8 Å². The zero-order valence-corrected chi connectivity index (χ0v) is 14.3. The van der Waals surface area contributed by atoms with E-state index in [2.05, 4.69) is 26.2 Å². The van der Waals surface area contributed by atoms with Crippen LogP contribution in [0.25, 0.3) is 0 Å². The molecule has 1 amide bonds. The van der Waals surface area contributed by atoms with Crippen molar-refractivity contribution >= 4 is 39.3 Å². The maximum absolute atomic E-state index is 12.4. The molecule has 2 aliphatic rings. The van der Waals surface area contributed by atoms with Crippen molar-refractivity contribution in [2.45, 2.75) is 35.5 Å². The number of hydrogen-bond donors (Lipinski definition) is 2. The summed E-state index contributed by atoms with van der Waals surface area (Å²) in [7, 11) is 0. The molecule has 112 valence electrons. The third-order valence-electron chi connectivity index (χ3n) is 4.59. The molecule has 1 aromatic heterocycles. The maximum atomic E-state index is 12.4. The van der Waals surface area contributed by atoms with Crippen LogP contribution in [0.15, 0.2) is 17.2 Å². The van der Waals surface area contributed by atoms with Gasteiger partial charge in [-0.15, -0.1) is 11.8 Å². The monoisotopic (exact) mass is 367 g/mol. The summed E-state index contributed by atoms with van der Waals surface area (Å²) < 4.78 is 0. The summed E-state index contributed by atoms with van der Waals surface area (Å²) in [5, 5.41) is 11.8. The van der Waals surface area contributed by atoms with Gasteiger partial charge in [0.2, 0.25) is 0 Å². The van der Waals surface area contributed by atoms with Crippen LogP contribution in [-0.2, 0) is 5.33 Å². The molecule has 2 N–H and O–H groups in total. The van der Waals surface area contributed by atoms with Gasteiger partial charge in [0, 0.05) is 40.5 Å². The lowest BCUT2D eigenvalue weighted by molar-refractivity contribution is 0.0899. The van der Waals surface area contributed by atoms with Crippen LogP contribution in [0.3, 0.4) is 0 Å². The van der Waals surface area contributed by atoms with Gasteiger partial charge in [0.15, 0.2) is 0 Å². The first-order chi connectivity index (χ1) is 10.1. The van der Waals surface area contributed by atoms with Crippen molar-refractivity contribution in [3.63, 3.8) is 0 Å². The zero-order valence-electron chi connectivity index (χ0n) is 11.9. The predicted octanol–water partition coefficient (Wildman–Crippen LogP) is 3.25. The number of aromatic nitrogens is 1. The normalized spacial score (nSPS) is 27.1. The molecule has 6 heteroatoms. The van der Waals surface area contributed by atoms with Crippen molar-refractivity contribution in [3.05, 3.63) is 23.5 Å². The van der Waals surface area contributed by atoms with Crippen LogP contribution in [0.5, 0.6) is 0 Å². The SMILES string of the molecule is CSc1cnc(C(=O)NC2CC(=N)C3CCC23)cc1CBr. The van der Waals surface area contributed by atoms with E-state index in [4.69, 9.17) is 5.41 Å².